The molecule has 0 fully saturated rings. The average Bonchev–Trinajstić information content (AvgIpc) is 2.83. The molecule has 1 heterocycles. The van der Waals surface area contributed by atoms with Gasteiger partial charge in [0.05, 0.1) is 0 Å². The molecule has 1 aliphatic rings. The smallest absolute Gasteiger partial charge is 0.254 e. The Morgan fingerprint density at radius 2 is 1.64 bits per heavy atom. The van der Waals surface area contributed by atoms with Crippen LogP contribution in [0.15, 0.2) is 72.8 Å². The van der Waals surface area contributed by atoms with E-state index in [1.807, 2.05) is 54.6 Å². The van der Waals surface area contributed by atoms with Gasteiger partial charge in [-0.15, -0.1) is 0 Å². The molecule has 0 aromatic heterocycles. The van der Waals surface area contributed by atoms with Crippen molar-refractivity contribution in [1.29, 1.82) is 0 Å². The minimum absolute atomic E-state index is 0.169. The van der Waals surface area contributed by atoms with Crippen molar-refractivity contribution < 1.29 is 14.4 Å². The van der Waals surface area contributed by atoms with Crippen LogP contribution in [0.3, 0.4) is 0 Å². The maximum atomic E-state index is 13.8. The number of hydrogen-bond donors (Lipinski definition) is 2. The molecule has 3 amide bonds. The van der Waals surface area contributed by atoms with Gasteiger partial charge >= 0.3 is 0 Å². The first kappa shape index (κ1) is 22.3. The zero-order chi connectivity index (χ0) is 23.4. The van der Waals surface area contributed by atoms with Gasteiger partial charge in [-0.1, -0.05) is 54.6 Å². The number of benzene rings is 3. The fourth-order valence-corrected chi connectivity index (χ4v) is 4.27. The van der Waals surface area contributed by atoms with E-state index in [1.54, 1.807) is 30.0 Å². The topological polar surface area (TPSA) is 78.5 Å². The van der Waals surface area contributed by atoms with Gasteiger partial charge in [0, 0.05) is 30.4 Å². The highest BCUT2D eigenvalue weighted by Gasteiger charge is 2.31. The molecule has 0 bridgehead atoms. The second kappa shape index (κ2) is 9.69. The number of fused-ring (bicyclic) bond motifs is 1. The van der Waals surface area contributed by atoms with E-state index in [2.05, 4.69) is 10.6 Å². The largest absolute Gasteiger partial charge is 0.336 e. The van der Waals surface area contributed by atoms with Crippen molar-refractivity contribution in [1.82, 2.24) is 5.32 Å². The highest BCUT2D eigenvalue weighted by molar-refractivity contribution is 6.04. The van der Waals surface area contributed by atoms with Crippen molar-refractivity contribution in [3.8, 4) is 0 Å². The van der Waals surface area contributed by atoms with Gasteiger partial charge in [-0.25, -0.2) is 0 Å². The summed E-state index contributed by atoms with van der Waals surface area (Å²) in [5, 5.41) is 5.70. The Balaban J connectivity index is 1.67. The molecule has 3 aromatic carbocycles. The van der Waals surface area contributed by atoms with Crippen molar-refractivity contribution in [3.05, 3.63) is 95.1 Å². The van der Waals surface area contributed by atoms with Crippen LogP contribution in [-0.4, -0.2) is 24.3 Å². The monoisotopic (exact) mass is 441 g/mol. The number of nitrogens with zero attached hydrogens (tertiary/aromatic N) is 1. The summed E-state index contributed by atoms with van der Waals surface area (Å²) in [5.41, 5.74) is 4.38. The molecule has 1 unspecified atom stereocenters. The van der Waals surface area contributed by atoms with Crippen LogP contribution < -0.4 is 15.5 Å². The number of amides is 3. The number of anilines is 2. The lowest BCUT2D eigenvalue weighted by Crippen LogP contribution is -2.45. The zero-order valence-corrected chi connectivity index (χ0v) is 18.8. The van der Waals surface area contributed by atoms with E-state index < -0.39 is 6.04 Å². The third-order valence-electron chi connectivity index (χ3n) is 5.92. The lowest BCUT2D eigenvalue weighted by atomic mass is 9.98. The summed E-state index contributed by atoms with van der Waals surface area (Å²) >= 11 is 0. The lowest BCUT2D eigenvalue weighted by molar-refractivity contribution is -0.120. The van der Waals surface area contributed by atoms with Crippen LogP contribution in [0.2, 0.25) is 0 Å². The Morgan fingerprint density at radius 1 is 0.909 bits per heavy atom. The minimum Gasteiger partial charge on any atom is -0.336 e. The van der Waals surface area contributed by atoms with Gasteiger partial charge in [0.15, 0.2) is 0 Å². The molecule has 168 valence electrons. The van der Waals surface area contributed by atoms with Crippen molar-refractivity contribution in [2.45, 2.75) is 32.7 Å². The Hall–Kier alpha value is -3.93. The molecule has 0 saturated heterocycles. The summed E-state index contributed by atoms with van der Waals surface area (Å²) in [7, 11) is 0. The van der Waals surface area contributed by atoms with Gasteiger partial charge in [0.1, 0.15) is 6.04 Å². The molecule has 0 radical (unpaired) electrons. The van der Waals surface area contributed by atoms with Gasteiger partial charge in [-0.3, -0.25) is 14.4 Å². The molecule has 6 nitrogen and oxygen atoms in total. The fraction of sp³-hybridized carbons (Fsp3) is 0.222. The molecule has 4 rings (SSSR count). The Kier molecular flexibility index (Phi) is 6.54. The van der Waals surface area contributed by atoms with E-state index in [4.69, 9.17) is 0 Å². The molecule has 6 heteroatoms. The summed E-state index contributed by atoms with van der Waals surface area (Å²) in [6.07, 6.45) is 1.80. The highest BCUT2D eigenvalue weighted by Crippen LogP contribution is 2.30. The molecule has 3 aromatic rings. The van der Waals surface area contributed by atoms with E-state index in [0.717, 1.165) is 29.7 Å². The maximum absolute atomic E-state index is 13.8. The molecule has 0 aliphatic carbocycles. The van der Waals surface area contributed by atoms with E-state index in [-0.39, 0.29) is 17.7 Å². The predicted octanol–water partition coefficient (Wildman–Crippen LogP) is 4.40. The maximum Gasteiger partial charge on any atom is 0.254 e. The van der Waals surface area contributed by atoms with Crippen LogP contribution in [0.1, 0.15) is 46.4 Å². The van der Waals surface area contributed by atoms with Crippen molar-refractivity contribution in [3.63, 3.8) is 0 Å². The first-order valence-corrected chi connectivity index (χ1v) is 11.1. The Morgan fingerprint density at radius 3 is 2.39 bits per heavy atom. The van der Waals surface area contributed by atoms with Gasteiger partial charge in [0.2, 0.25) is 5.91 Å². The van der Waals surface area contributed by atoms with Crippen LogP contribution >= 0.6 is 0 Å². The van der Waals surface area contributed by atoms with Gasteiger partial charge in [-0.2, -0.15) is 0 Å². The van der Waals surface area contributed by atoms with Gasteiger partial charge in [-0.05, 0) is 54.7 Å². The quantitative estimate of drug-likeness (QED) is 0.616. The van der Waals surface area contributed by atoms with Gasteiger partial charge < -0.3 is 15.5 Å². The number of carbonyl (C=O) groups is 3. The minimum atomic E-state index is -0.839. The fourth-order valence-electron chi connectivity index (χ4n) is 4.27. The number of nitrogens with one attached hydrogen (secondary N) is 2. The van der Waals surface area contributed by atoms with E-state index >= 15 is 0 Å². The van der Waals surface area contributed by atoms with E-state index in [9.17, 15) is 14.4 Å². The van der Waals surface area contributed by atoms with Crippen LogP contribution in [0, 0.1) is 6.92 Å². The molecule has 1 aliphatic heterocycles. The lowest BCUT2D eigenvalue weighted by Gasteiger charge is -2.33. The first-order chi connectivity index (χ1) is 16.0. The second-order valence-corrected chi connectivity index (χ2v) is 8.20. The average molecular weight is 442 g/mol. The molecular weight excluding hydrogens is 414 g/mol. The van der Waals surface area contributed by atoms with Gasteiger partial charge in [0.25, 0.3) is 11.8 Å². The summed E-state index contributed by atoms with van der Waals surface area (Å²) in [5.74, 6) is -0.749. The molecule has 1 atom stereocenters. The Labute approximate surface area is 193 Å². The second-order valence-electron chi connectivity index (χ2n) is 8.20. The Bertz CT molecular complexity index is 1190. The number of rotatable bonds is 5. The predicted molar refractivity (Wildman–Crippen MR) is 129 cm³/mol. The normalized spacial score (nSPS) is 13.6. The third kappa shape index (κ3) is 4.80. The number of carbonyl (C=O) groups excluding carboxylic acids is 3. The third-order valence-corrected chi connectivity index (χ3v) is 5.92. The first-order valence-electron chi connectivity index (χ1n) is 11.1. The molecule has 0 spiro atoms. The van der Waals surface area contributed by atoms with Crippen LogP contribution in [0.4, 0.5) is 11.4 Å². The number of aryl methyl sites for hydroxylation is 1. The van der Waals surface area contributed by atoms with Crippen LogP contribution in [0.25, 0.3) is 0 Å². The van der Waals surface area contributed by atoms with Crippen molar-refractivity contribution >= 4 is 29.1 Å². The summed E-state index contributed by atoms with van der Waals surface area (Å²) in [4.78, 5) is 40.4. The van der Waals surface area contributed by atoms with Crippen molar-refractivity contribution in [2.75, 3.05) is 16.8 Å². The van der Waals surface area contributed by atoms with Crippen LogP contribution in [0.5, 0.6) is 0 Å². The standard InChI is InChI=1S/C27H27N3O3/c1-18-22(14-8-15-23(18)28-19(2)31)26(32)29-25(21-11-4-3-5-12-21)27(33)30-17-9-13-20-10-6-7-16-24(20)30/h3-8,10-12,14-16,25H,9,13,17H2,1-2H3,(H,28,31)(H,29,32). The molecule has 2 N–H and O–H groups in total. The SMILES string of the molecule is CC(=O)Nc1cccc(C(=O)NC(C(=O)N2CCCc3ccccc32)c2ccccc2)c1C. The molecular formula is C27H27N3O3. The van der Waals surface area contributed by atoms with Crippen LogP contribution in [-0.2, 0) is 16.0 Å². The van der Waals surface area contributed by atoms with E-state index in [1.165, 1.54) is 6.92 Å². The molecule has 33 heavy (non-hydrogen) atoms. The summed E-state index contributed by atoms with van der Waals surface area (Å²) in [6, 6.07) is 21.5. The number of hydrogen-bond acceptors (Lipinski definition) is 3. The molecule has 0 saturated carbocycles. The summed E-state index contributed by atoms with van der Waals surface area (Å²) < 4.78 is 0. The zero-order valence-electron chi connectivity index (χ0n) is 18.8. The summed E-state index contributed by atoms with van der Waals surface area (Å²) in [6.45, 7) is 3.80. The van der Waals surface area contributed by atoms with E-state index in [0.29, 0.717) is 23.4 Å². The highest BCUT2D eigenvalue weighted by atomic mass is 16.2. The number of para-hydroxylation sites is 1. The van der Waals surface area contributed by atoms with Crippen molar-refractivity contribution in [2.24, 2.45) is 0 Å².